The lowest BCUT2D eigenvalue weighted by atomic mass is 9.83. The first-order valence-electron chi connectivity index (χ1n) is 12.7. The number of alkyl halides is 3. The van der Waals surface area contributed by atoms with Gasteiger partial charge in [0.1, 0.15) is 0 Å². The molecule has 0 spiro atoms. The average molecular weight is 483 g/mol. The fourth-order valence-corrected chi connectivity index (χ4v) is 5.69. The Labute approximate surface area is 207 Å². The summed E-state index contributed by atoms with van der Waals surface area (Å²) in [6.07, 6.45) is 4.72. The molecule has 1 heterocycles. The number of benzene rings is 2. The van der Waals surface area contributed by atoms with E-state index in [4.69, 9.17) is 0 Å². The Hall–Kier alpha value is -2.53. The minimum atomic E-state index is -4.32. The van der Waals surface area contributed by atoms with E-state index < -0.39 is 11.7 Å². The summed E-state index contributed by atoms with van der Waals surface area (Å²) in [6, 6.07) is 16.5. The van der Waals surface area contributed by atoms with Crippen LogP contribution in [-0.2, 0) is 12.7 Å². The molecular weight excluding hydrogens is 445 g/mol. The van der Waals surface area contributed by atoms with E-state index in [9.17, 15) is 13.2 Å². The molecule has 0 radical (unpaired) electrons. The topological polar surface area (TPSA) is 15.3 Å². The van der Waals surface area contributed by atoms with Gasteiger partial charge in [-0.15, -0.1) is 0 Å². The summed E-state index contributed by atoms with van der Waals surface area (Å²) in [5, 5.41) is 3.34. The molecule has 1 aliphatic heterocycles. The minimum Gasteiger partial charge on any atom is -0.384 e. The van der Waals surface area contributed by atoms with Crippen LogP contribution in [0.1, 0.15) is 56.2 Å². The number of nitrogens with zero attached hydrogens (tertiary/aromatic N) is 1. The zero-order valence-electron chi connectivity index (χ0n) is 20.8. The van der Waals surface area contributed by atoms with Crippen molar-refractivity contribution < 1.29 is 13.2 Å². The van der Waals surface area contributed by atoms with Crippen LogP contribution in [-0.4, -0.2) is 24.0 Å². The van der Waals surface area contributed by atoms with Crippen LogP contribution in [0, 0.1) is 17.3 Å². The molecule has 2 aromatic carbocycles. The average Bonchev–Trinajstić information content (AvgIpc) is 3.25. The molecule has 1 saturated carbocycles. The van der Waals surface area contributed by atoms with Crippen molar-refractivity contribution in [3.05, 3.63) is 89.6 Å². The molecule has 0 aromatic heterocycles. The summed E-state index contributed by atoms with van der Waals surface area (Å²) in [5.74, 6) is 1.21. The minimum absolute atomic E-state index is 0.0421. The van der Waals surface area contributed by atoms with Gasteiger partial charge in [0.25, 0.3) is 0 Å². The van der Waals surface area contributed by atoms with Gasteiger partial charge in [0, 0.05) is 30.2 Å². The number of hydrogen-bond acceptors (Lipinski definition) is 2. The second kappa shape index (κ2) is 10.6. The van der Waals surface area contributed by atoms with Gasteiger partial charge in [-0.25, -0.2) is 0 Å². The predicted molar refractivity (Wildman–Crippen MR) is 137 cm³/mol. The van der Waals surface area contributed by atoms with Crippen molar-refractivity contribution >= 4 is 6.08 Å². The predicted octanol–water partition coefficient (Wildman–Crippen LogP) is 7.54. The molecule has 4 atom stereocenters. The van der Waals surface area contributed by atoms with Crippen molar-refractivity contribution in [2.75, 3.05) is 13.1 Å². The fourth-order valence-electron chi connectivity index (χ4n) is 5.69. The summed E-state index contributed by atoms with van der Waals surface area (Å²) in [7, 11) is 0. The molecule has 2 nitrogen and oxygen atoms in total. The van der Waals surface area contributed by atoms with E-state index in [0.717, 1.165) is 44.1 Å². The van der Waals surface area contributed by atoms with Gasteiger partial charge in [-0.05, 0) is 67.3 Å². The molecular formula is C30H37F3N2. The largest absolute Gasteiger partial charge is 0.416 e. The van der Waals surface area contributed by atoms with E-state index in [0.29, 0.717) is 30.0 Å². The van der Waals surface area contributed by atoms with Gasteiger partial charge < -0.3 is 10.2 Å². The van der Waals surface area contributed by atoms with Crippen LogP contribution in [0.2, 0.25) is 0 Å². The monoisotopic (exact) mass is 482 g/mol. The molecule has 2 fully saturated rings. The number of hydrogen-bond donors (Lipinski definition) is 1. The number of rotatable bonds is 7. The molecule has 5 heteroatoms. The van der Waals surface area contributed by atoms with Crippen LogP contribution in [0.4, 0.5) is 13.2 Å². The van der Waals surface area contributed by atoms with Crippen LogP contribution in [0.25, 0.3) is 6.08 Å². The second-order valence-electron chi connectivity index (χ2n) is 10.7. The molecule has 1 saturated heterocycles. The van der Waals surface area contributed by atoms with Crippen molar-refractivity contribution in [1.82, 2.24) is 10.2 Å². The van der Waals surface area contributed by atoms with E-state index in [2.05, 4.69) is 67.1 Å². The Morgan fingerprint density at radius 1 is 1.14 bits per heavy atom. The Kier molecular flexibility index (Phi) is 7.75. The Morgan fingerprint density at radius 2 is 1.91 bits per heavy atom. The van der Waals surface area contributed by atoms with Gasteiger partial charge in [-0.1, -0.05) is 75.0 Å². The lowest BCUT2D eigenvalue weighted by molar-refractivity contribution is -0.137. The maximum atomic E-state index is 13.0. The highest BCUT2D eigenvalue weighted by Gasteiger charge is 2.41. The lowest BCUT2D eigenvalue weighted by Crippen LogP contribution is -2.44. The highest BCUT2D eigenvalue weighted by atomic mass is 19.4. The molecule has 0 bridgehead atoms. The van der Waals surface area contributed by atoms with E-state index in [1.807, 2.05) is 6.07 Å². The van der Waals surface area contributed by atoms with Gasteiger partial charge in [-0.2, -0.15) is 13.2 Å². The molecule has 188 valence electrons. The van der Waals surface area contributed by atoms with Crippen LogP contribution in [0.3, 0.4) is 0 Å². The maximum Gasteiger partial charge on any atom is 0.416 e. The SMILES string of the molecule is C=C(NCc1cccc(C(F)(F)F)c1)C1(C)CCC(N2CCC(/C=C\c3ccccc3)C(C)C2)C1. The molecule has 1 N–H and O–H groups in total. The highest BCUT2D eigenvalue weighted by molar-refractivity contribution is 5.49. The zero-order valence-corrected chi connectivity index (χ0v) is 20.8. The number of piperidine rings is 1. The van der Waals surface area contributed by atoms with Gasteiger partial charge in [-0.3, -0.25) is 0 Å². The van der Waals surface area contributed by atoms with Crippen molar-refractivity contribution in [2.24, 2.45) is 17.3 Å². The number of allylic oxidation sites excluding steroid dienone is 2. The normalized spacial score (nSPS) is 27.9. The van der Waals surface area contributed by atoms with Crippen LogP contribution >= 0.6 is 0 Å². The fraction of sp³-hybridized carbons (Fsp3) is 0.467. The Morgan fingerprint density at radius 3 is 2.63 bits per heavy atom. The van der Waals surface area contributed by atoms with Gasteiger partial charge in [0.05, 0.1) is 5.56 Å². The first-order valence-corrected chi connectivity index (χ1v) is 12.7. The Balaban J connectivity index is 1.29. The van der Waals surface area contributed by atoms with E-state index in [1.165, 1.54) is 24.1 Å². The third-order valence-corrected chi connectivity index (χ3v) is 8.06. The van der Waals surface area contributed by atoms with E-state index >= 15 is 0 Å². The van der Waals surface area contributed by atoms with Gasteiger partial charge >= 0.3 is 6.18 Å². The molecule has 4 unspecified atom stereocenters. The lowest BCUT2D eigenvalue weighted by Gasteiger charge is -2.40. The third kappa shape index (κ3) is 6.38. The van der Waals surface area contributed by atoms with Gasteiger partial charge in [0.2, 0.25) is 0 Å². The van der Waals surface area contributed by atoms with Crippen LogP contribution < -0.4 is 5.32 Å². The van der Waals surface area contributed by atoms with Crippen LogP contribution in [0.5, 0.6) is 0 Å². The first-order chi connectivity index (χ1) is 16.6. The van der Waals surface area contributed by atoms with Gasteiger partial charge in [0.15, 0.2) is 0 Å². The highest BCUT2D eigenvalue weighted by Crippen LogP contribution is 2.45. The third-order valence-electron chi connectivity index (χ3n) is 8.06. The van der Waals surface area contributed by atoms with Crippen molar-refractivity contribution in [3.8, 4) is 0 Å². The standard InChI is InChI=1S/C30H37F3N2/c1-22-21-35(17-15-26(22)13-12-24-8-5-4-6-9-24)28-14-16-29(3,19-28)23(2)34-20-25-10-7-11-27(18-25)30(31,32)33/h4-13,18,22,26,28,34H,2,14-17,19-21H2,1,3H3/b13-12-. The number of halogens is 3. The van der Waals surface area contributed by atoms with E-state index in [1.54, 1.807) is 6.07 Å². The smallest absolute Gasteiger partial charge is 0.384 e. The van der Waals surface area contributed by atoms with Crippen molar-refractivity contribution in [1.29, 1.82) is 0 Å². The molecule has 0 amide bonds. The molecule has 2 aliphatic rings. The molecule has 4 rings (SSSR count). The number of nitrogens with one attached hydrogen (secondary N) is 1. The molecule has 1 aliphatic carbocycles. The quantitative estimate of drug-likeness (QED) is 0.439. The first kappa shape index (κ1) is 25.6. The summed E-state index contributed by atoms with van der Waals surface area (Å²) in [5.41, 5.74) is 2.17. The summed E-state index contributed by atoms with van der Waals surface area (Å²) in [4.78, 5) is 2.66. The Bertz CT molecular complexity index is 1030. The summed E-state index contributed by atoms with van der Waals surface area (Å²) < 4.78 is 39.1. The number of likely N-dealkylation sites (tertiary alicyclic amines) is 1. The second-order valence-corrected chi connectivity index (χ2v) is 10.7. The van der Waals surface area contributed by atoms with Crippen molar-refractivity contribution in [2.45, 2.75) is 58.3 Å². The van der Waals surface area contributed by atoms with E-state index in [-0.39, 0.29) is 5.41 Å². The zero-order chi connectivity index (χ0) is 25.1. The van der Waals surface area contributed by atoms with Crippen molar-refractivity contribution in [3.63, 3.8) is 0 Å². The maximum absolute atomic E-state index is 13.0. The summed E-state index contributed by atoms with van der Waals surface area (Å²) >= 11 is 0. The van der Waals surface area contributed by atoms with Crippen LogP contribution in [0.15, 0.2) is 72.9 Å². The molecule has 35 heavy (non-hydrogen) atoms. The molecule has 2 aromatic rings. The summed E-state index contributed by atoms with van der Waals surface area (Å²) in [6.45, 7) is 11.5.